The van der Waals surface area contributed by atoms with E-state index in [1.54, 1.807) is 0 Å². The molecular formula is C22H33N4O3+. The number of nitrogens with zero attached hydrogens (tertiary/aromatic N) is 1. The summed E-state index contributed by atoms with van der Waals surface area (Å²) >= 11 is 0. The van der Waals surface area contributed by atoms with E-state index in [0.29, 0.717) is 18.9 Å². The van der Waals surface area contributed by atoms with Crippen molar-refractivity contribution in [2.75, 3.05) is 12.3 Å². The molecule has 0 saturated heterocycles. The highest BCUT2D eigenvalue weighted by molar-refractivity contribution is 6.00. The molecule has 0 fully saturated rings. The van der Waals surface area contributed by atoms with Crippen molar-refractivity contribution in [1.29, 1.82) is 0 Å². The molecule has 0 bridgehead atoms. The van der Waals surface area contributed by atoms with Gasteiger partial charge in [0.15, 0.2) is 0 Å². The van der Waals surface area contributed by atoms with Crippen LogP contribution in [0.25, 0.3) is 0 Å². The Bertz CT molecular complexity index is 956. The van der Waals surface area contributed by atoms with E-state index in [1.807, 2.05) is 12.2 Å². The fraction of sp³-hybridized carbons (Fsp3) is 0.500. The summed E-state index contributed by atoms with van der Waals surface area (Å²) in [6.45, 7) is 10.8. The largest absolute Gasteiger partial charge is 0.384 e. The first-order chi connectivity index (χ1) is 13.7. The summed E-state index contributed by atoms with van der Waals surface area (Å²) in [6.07, 6.45) is 0.664. The number of H-pyrrole nitrogens is 1. The van der Waals surface area contributed by atoms with E-state index in [2.05, 4.69) is 56.9 Å². The first-order valence-electron chi connectivity index (χ1n) is 10.3. The Morgan fingerprint density at radius 2 is 1.69 bits per heavy atom. The SMILES string of the molecule is CCCn1c(N)c(C(=O)C[NH2+][C@H](c2ccc(C(C)C)cc2)C(C)C)c(=O)[nH]c1=O. The minimum absolute atomic E-state index is 0.0543. The molecule has 2 rings (SSSR count). The molecule has 1 aromatic heterocycles. The van der Waals surface area contributed by atoms with Gasteiger partial charge in [0.05, 0.1) is 0 Å². The van der Waals surface area contributed by atoms with Gasteiger partial charge in [-0.2, -0.15) is 0 Å². The van der Waals surface area contributed by atoms with Crippen molar-refractivity contribution in [2.24, 2.45) is 5.92 Å². The molecule has 7 nitrogen and oxygen atoms in total. The summed E-state index contributed by atoms with van der Waals surface area (Å²) in [6, 6.07) is 8.51. The van der Waals surface area contributed by atoms with Gasteiger partial charge in [-0.05, 0) is 17.9 Å². The highest BCUT2D eigenvalue weighted by Crippen LogP contribution is 2.21. The van der Waals surface area contributed by atoms with Crippen LogP contribution in [0.2, 0.25) is 0 Å². The normalized spacial score (nSPS) is 12.5. The molecule has 7 heteroatoms. The Hall–Kier alpha value is -2.67. The zero-order valence-electron chi connectivity index (χ0n) is 18.0. The summed E-state index contributed by atoms with van der Waals surface area (Å²) < 4.78 is 1.25. The van der Waals surface area contributed by atoms with Crippen molar-refractivity contribution in [1.82, 2.24) is 9.55 Å². The van der Waals surface area contributed by atoms with Crippen LogP contribution in [0.3, 0.4) is 0 Å². The van der Waals surface area contributed by atoms with Crippen molar-refractivity contribution < 1.29 is 10.1 Å². The number of aromatic nitrogens is 2. The Labute approximate surface area is 171 Å². The van der Waals surface area contributed by atoms with Crippen molar-refractivity contribution >= 4 is 11.6 Å². The van der Waals surface area contributed by atoms with Crippen LogP contribution in [0, 0.1) is 5.92 Å². The summed E-state index contributed by atoms with van der Waals surface area (Å²) in [4.78, 5) is 39.2. The van der Waals surface area contributed by atoms with Crippen molar-refractivity contribution in [3.05, 3.63) is 61.8 Å². The second kappa shape index (κ2) is 9.69. The van der Waals surface area contributed by atoms with Gasteiger partial charge in [0.25, 0.3) is 5.56 Å². The molecule has 0 aliphatic rings. The lowest BCUT2D eigenvalue weighted by molar-refractivity contribution is -0.691. The average Bonchev–Trinajstić information content (AvgIpc) is 2.65. The standard InChI is InChI=1S/C22H32N4O3/c1-6-11-26-20(23)18(21(28)25-22(26)29)17(27)12-24-19(14(4)5)16-9-7-15(8-10-16)13(2)3/h7-10,13-14,19,24H,6,11-12,23H2,1-5H3,(H,25,28,29)/p+1/t19-/m0/s1. The molecule has 2 aromatic rings. The minimum Gasteiger partial charge on any atom is -0.384 e. The molecule has 0 saturated carbocycles. The van der Waals surface area contributed by atoms with Gasteiger partial charge in [0, 0.05) is 18.0 Å². The van der Waals surface area contributed by atoms with E-state index in [9.17, 15) is 14.4 Å². The van der Waals surface area contributed by atoms with Crippen LogP contribution in [0.1, 0.15) is 74.5 Å². The molecule has 0 aliphatic heterocycles. The molecule has 0 amide bonds. The van der Waals surface area contributed by atoms with Crippen LogP contribution < -0.4 is 22.3 Å². The Morgan fingerprint density at radius 1 is 1.10 bits per heavy atom. The van der Waals surface area contributed by atoms with Gasteiger partial charge in [-0.1, -0.05) is 58.9 Å². The number of Topliss-reactive ketones (excluding diaryl/α,β-unsaturated/α-hetero) is 1. The Balaban J connectivity index is 2.24. The molecule has 0 radical (unpaired) electrons. The maximum absolute atomic E-state index is 12.8. The molecule has 29 heavy (non-hydrogen) atoms. The van der Waals surface area contributed by atoms with Crippen LogP contribution in [-0.2, 0) is 6.54 Å². The van der Waals surface area contributed by atoms with E-state index < -0.39 is 11.2 Å². The number of quaternary nitrogens is 1. The van der Waals surface area contributed by atoms with Crippen molar-refractivity contribution in [3.8, 4) is 0 Å². The lowest BCUT2D eigenvalue weighted by Crippen LogP contribution is -2.88. The maximum Gasteiger partial charge on any atom is 0.329 e. The number of rotatable bonds is 9. The number of hydrogen-bond acceptors (Lipinski definition) is 4. The molecular weight excluding hydrogens is 368 g/mol. The average molecular weight is 402 g/mol. The Morgan fingerprint density at radius 3 is 2.21 bits per heavy atom. The van der Waals surface area contributed by atoms with Gasteiger partial charge in [-0.25, -0.2) is 4.79 Å². The number of aromatic amines is 1. The second-order valence-electron chi connectivity index (χ2n) is 8.13. The zero-order chi connectivity index (χ0) is 21.7. The fourth-order valence-electron chi connectivity index (χ4n) is 3.54. The van der Waals surface area contributed by atoms with E-state index in [4.69, 9.17) is 5.73 Å². The highest BCUT2D eigenvalue weighted by atomic mass is 16.2. The lowest BCUT2D eigenvalue weighted by Gasteiger charge is -2.20. The summed E-state index contributed by atoms with van der Waals surface area (Å²) in [7, 11) is 0. The van der Waals surface area contributed by atoms with Gasteiger partial charge in [-0.3, -0.25) is 19.1 Å². The van der Waals surface area contributed by atoms with Gasteiger partial charge in [0.1, 0.15) is 24.0 Å². The fourth-order valence-corrected chi connectivity index (χ4v) is 3.54. The first kappa shape index (κ1) is 22.6. The van der Waals surface area contributed by atoms with Crippen molar-refractivity contribution in [2.45, 2.75) is 59.5 Å². The highest BCUT2D eigenvalue weighted by Gasteiger charge is 2.24. The molecule has 0 spiro atoms. The number of ketones is 1. The molecule has 0 aliphatic carbocycles. The predicted octanol–water partition coefficient (Wildman–Crippen LogP) is 1.80. The minimum atomic E-state index is -0.722. The first-order valence-corrected chi connectivity index (χ1v) is 10.3. The number of benzene rings is 1. The number of nitrogens with two attached hydrogens (primary N) is 2. The Kier molecular flexibility index (Phi) is 7.56. The van der Waals surface area contributed by atoms with Crippen LogP contribution in [0.4, 0.5) is 5.82 Å². The number of nitrogen functional groups attached to an aromatic ring is 1. The van der Waals surface area contributed by atoms with Crippen molar-refractivity contribution in [3.63, 3.8) is 0 Å². The van der Waals surface area contributed by atoms with E-state index >= 15 is 0 Å². The number of nitrogens with one attached hydrogen (secondary N) is 1. The lowest BCUT2D eigenvalue weighted by atomic mass is 9.93. The molecule has 1 aromatic carbocycles. The maximum atomic E-state index is 12.8. The third kappa shape index (κ3) is 5.23. The smallest absolute Gasteiger partial charge is 0.329 e. The van der Waals surface area contributed by atoms with Gasteiger partial charge in [-0.15, -0.1) is 0 Å². The van der Waals surface area contributed by atoms with Gasteiger partial charge in [0.2, 0.25) is 5.78 Å². The van der Waals surface area contributed by atoms with E-state index in [0.717, 1.165) is 5.56 Å². The molecule has 0 unspecified atom stereocenters. The van der Waals surface area contributed by atoms with Gasteiger partial charge >= 0.3 is 5.69 Å². The second-order valence-corrected chi connectivity index (χ2v) is 8.13. The quantitative estimate of drug-likeness (QED) is 0.556. The molecule has 5 N–H and O–H groups in total. The molecule has 158 valence electrons. The molecule has 1 heterocycles. The van der Waals surface area contributed by atoms with Gasteiger partial charge < -0.3 is 11.1 Å². The number of hydrogen-bond donors (Lipinski definition) is 3. The van der Waals surface area contributed by atoms with Crippen LogP contribution in [-0.4, -0.2) is 21.9 Å². The van der Waals surface area contributed by atoms with Crippen LogP contribution in [0.5, 0.6) is 0 Å². The summed E-state index contributed by atoms with van der Waals surface area (Å²) in [5.74, 6) is 0.317. The zero-order valence-corrected chi connectivity index (χ0v) is 18.0. The third-order valence-electron chi connectivity index (χ3n) is 5.23. The summed E-state index contributed by atoms with van der Waals surface area (Å²) in [5.41, 5.74) is 6.97. The number of carbonyl (C=O) groups is 1. The number of anilines is 1. The van der Waals surface area contributed by atoms with Crippen LogP contribution >= 0.6 is 0 Å². The molecule has 1 atom stereocenters. The predicted molar refractivity (Wildman–Crippen MR) is 115 cm³/mol. The number of carbonyl (C=O) groups excluding carboxylic acids is 1. The summed E-state index contributed by atoms with van der Waals surface area (Å²) in [5, 5.41) is 1.94. The van der Waals surface area contributed by atoms with E-state index in [-0.39, 0.29) is 35.7 Å². The van der Waals surface area contributed by atoms with E-state index in [1.165, 1.54) is 10.1 Å². The topological polar surface area (TPSA) is 115 Å². The monoisotopic (exact) mass is 401 g/mol. The van der Waals surface area contributed by atoms with Crippen LogP contribution in [0.15, 0.2) is 33.9 Å². The third-order valence-corrected chi connectivity index (χ3v) is 5.23.